The highest BCUT2D eigenvalue weighted by molar-refractivity contribution is 7.89. The lowest BCUT2D eigenvalue weighted by atomic mass is 10.0. The summed E-state index contributed by atoms with van der Waals surface area (Å²) in [5, 5.41) is 3.93. The fraction of sp³-hybridized carbons (Fsp3) is 0.348. The van der Waals surface area contributed by atoms with Crippen LogP contribution in [0.2, 0.25) is 0 Å². The van der Waals surface area contributed by atoms with Gasteiger partial charge < -0.3 is 9.73 Å². The Morgan fingerprint density at radius 3 is 2.63 bits per heavy atom. The van der Waals surface area contributed by atoms with Crippen LogP contribution in [0.3, 0.4) is 0 Å². The van der Waals surface area contributed by atoms with Crippen LogP contribution in [-0.4, -0.2) is 37.6 Å². The number of nitrogens with one attached hydrogen (secondary N) is 1. The highest BCUT2D eigenvalue weighted by Crippen LogP contribution is 2.27. The lowest BCUT2D eigenvalue weighted by Crippen LogP contribution is -2.43. The van der Waals surface area contributed by atoms with Gasteiger partial charge in [0.25, 0.3) is 0 Å². The molecule has 1 unspecified atom stereocenters. The summed E-state index contributed by atoms with van der Waals surface area (Å²) in [4.78, 5) is 12.7. The summed E-state index contributed by atoms with van der Waals surface area (Å²) >= 11 is 0. The number of hydrogen-bond acceptors (Lipinski definition) is 5. The molecule has 0 bridgehead atoms. The van der Waals surface area contributed by atoms with E-state index in [1.807, 2.05) is 31.2 Å². The Morgan fingerprint density at radius 1 is 1.13 bits per heavy atom. The van der Waals surface area contributed by atoms with Crippen molar-refractivity contribution in [3.63, 3.8) is 0 Å². The molecular weight excluding hydrogens is 400 g/mol. The van der Waals surface area contributed by atoms with Crippen molar-refractivity contribution < 1.29 is 17.6 Å². The van der Waals surface area contributed by atoms with Gasteiger partial charge in [0.1, 0.15) is 5.58 Å². The van der Waals surface area contributed by atoms with Gasteiger partial charge in [0, 0.05) is 23.7 Å². The first-order chi connectivity index (χ1) is 14.5. The Hall–Kier alpha value is -2.64. The molecule has 0 radical (unpaired) electrons. The highest BCUT2D eigenvalue weighted by Gasteiger charge is 2.32. The minimum atomic E-state index is -3.51. The number of hydrogen-bond donors (Lipinski definition) is 1. The number of Topliss-reactive ketones (excluding diaryl/α,β-unsaturated/α-hetero) is 1. The van der Waals surface area contributed by atoms with E-state index in [4.69, 9.17) is 4.42 Å². The van der Waals surface area contributed by atoms with Gasteiger partial charge in [-0.1, -0.05) is 31.5 Å². The third-order valence-corrected chi connectivity index (χ3v) is 7.62. The Labute approximate surface area is 176 Å². The minimum Gasteiger partial charge on any atom is -0.453 e. The average Bonchev–Trinajstić information content (AvgIpc) is 3.22. The molecule has 1 aromatic heterocycles. The number of para-hydroxylation sites is 1. The van der Waals surface area contributed by atoms with Gasteiger partial charge in [-0.05, 0) is 55.7 Å². The molecule has 2 heterocycles. The smallest absolute Gasteiger partial charge is 0.243 e. The summed E-state index contributed by atoms with van der Waals surface area (Å²) in [6.07, 6.45) is 3.72. The van der Waals surface area contributed by atoms with Gasteiger partial charge >= 0.3 is 0 Å². The molecule has 0 spiro atoms. The minimum absolute atomic E-state index is 0.0654. The Kier molecular flexibility index (Phi) is 5.92. The SMILES string of the molecule is CCC1CCCCN1S(=O)(=O)c1ccc(NCC(=O)c2cc3ccccc3o2)cc1. The predicted molar refractivity (Wildman–Crippen MR) is 117 cm³/mol. The van der Waals surface area contributed by atoms with Gasteiger partial charge in [0.15, 0.2) is 5.76 Å². The Morgan fingerprint density at radius 2 is 1.90 bits per heavy atom. The lowest BCUT2D eigenvalue weighted by molar-refractivity contribution is 0.0982. The first-order valence-corrected chi connectivity index (χ1v) is 11.8. The number of nitrogens with zero attached hydrogens (tertiary/aromatic N) is 1. The molecule has 1 saturated heterocycles. The summed E-state index contributed by atoms with van der Waals surface area (Å²) in [6.45, 7) is 2.67. The van der Waals surface area contributed by atoms with Crippen molar-refractivity contribution in [3.8, 4) is 0 Å². The van der Waals surface area contributed by atoms with Crippen molar-refractivity contribution in [2.45, 2.75) is 43.5 Å². The molecule has 1 aliphatic heterocycles. The zero-order valence-electron chi connectivity index (χ0n) is 17.0. The van der Waals surface area contributed by atoms with Crippen molar-refractivity contribution in [1.82, 2.24) is 4.31 Å². The summed E-state index contributed by atoms with van der Waals surface area (Å²) in [5.41, 5.74) is 1.36. The van der Waals surface area contributed by atoms with Crippen LogP contribution < -0.4 is 5.32 Å². The Balaban J connectivity index is 1.42. The number of furan rings is 1. The van der Waals surface area contributed by atoms with Gasteiger partial charge in [0.05, 0.1) is 11.4 Å². The van der Waals surface area contributed by atoms with Crippen LogP contribution in [0.25, 0.3) is 11.0 Å². The number of anilines is 1. The molecule has 3 aromatic rings. The van der Waals surface area contributed by atoms with Crippen molar-refractivity contribution in [1.29, 1.82) is 0 Å². The number of rotatable bonds is 7. The van der Waals surface area contributed by atoms with Gasteiger partial charge in [-0.15, -0.1) is 0 Å². The largest absolute Gasteiger partial charge is 0.453 e. The molecule has 2 aromatic carbocycles. The van der Waals surface area contributed by atoms with Crippen LogP contribution in [0.1, 0.15) is 43.2 Å². The molecule has 4 rings (SSSR count). The van der Waals surface area contributed by atoms with E-state index in [2.05, 4.69) is 5.32 Å². The summed E-state index contributed by atoms with van der Waals surface area (Å²) < 4.78 is 33.3. The molecule has 30 heavy (non-hydrogen) atoms. The maximum absolute atomic E-state index is 13.0. The van der Waals surface area contributed by atoms with E-state index in [1.165, 1.54) is 0 Å². The summed E-state index contributed by atoms with van der Waals surface area (Å²) in [7, 11) is -3.51. The van der Waals surface area contributed by atoms with E-state index in [1.54, 1.807) is 34.6 Å². The van der Waals surface area contributed by atoms with Crippen molar-refractivity contribution in [2.24, 2.45) is 0 Å². The normalized spacial score (nSPS) is 17.8. The predicted octanol–water partition coefficient (Wildman–Crippen LogP) is 4.68. The fourth-order valence-corrected chi connectivity index (χ4v) is 5.73. The maximum atomic E-state index is 13.0. The standard InChI is InChI=1S/C23H26N2O4S/c1-2-19-8-5-6-14-25(19)30(27,28)20-12-10-18(11-13-20)24-16-21(26)23-15-17-7-3-4-9-22(17)29-23/h3-4,7,9-13,15,19,24H,2,5-6,8,14,16H2,1H3. The first-order valence-electron chi connectivity index (χ1n) is 10.4. The molecule has 1 N–H and O–H groups in total. The number of piperidine rings is 1. The molecule has 0 aliphatic carbocycles. The number of carbonyl (C=O) groups excluding carboxylic acids is 1. The molecule has 1 aliphatic rings. The molecule has 6 nitrogen and oxygen atoms in total. The lowest BCUT2D eigenvalue weighted by Gasteiger charge is -2.34. The van der Waals surface area contributed by atoms with E-state index in [-0.39, 0.29) is 23.3 Å². The zero-order valence-corrected chi connectivity index (χ0v) is 17.8. The van der Waals surface area contributed by atoms with Gasteiger partial charge in [-0.25, -0.2) is 8.42 Å². The van der Waals surface area contributed by atoms with Gasteiger partial charge in [0.2, 0.25) is 15.8 Å². The van der Waals surface area contributed by atoms with Crippen molar-refractivity contribution in [3.05, 3.63) is 60.4 Å². The number of sulfonamides is 1. The highest BCUT2D eigenvalue weighted by atomic mass is 32.2. The second kappa shape index (κ2) is 8.62. The second-order valence-corrected chi connectivity index (χ2v) is 9.51. The molecule has 158 valence electrons. The fourth-order valence-electron chi connectivity index (χ4n) is 3.97. The average molecular weight is 427 g/mol. The quantitative estimate of drug-likeness (QED) is 0.555. The number of benzene rings is 2. The number of ketones is 1. The molecule has 1 fully saturated rings. The van der Waals surface area contributed by atoms with E-state index in [9.17, 15) is 13.2 Å². The number of fused-ring (bicyclic) bond motifs is 1. The van der Waals surface area contributed by atoms with Gasteiger partial charge in [-0.3, -0.25) is 4.79 Å². The summed E-state index contributed by atoms with van der Waals surface area (Å²) in [5.74, 6) is 0.139. The molecule has 1 atom stereocenters. The monoisotopic (exact) mass is 426 g/mol. The molecule has 0 saturated carbocycles. The van der Waals surface area contributed by atoms with E-state index < -0.39 is 10.0 Å². The van der Waals surface area contributed by atoms with Crippen LogP contribution >= 0.6 is 0 Å². The van der Waals surface area contributed by atoms with Crippen LogP contribution in [0.5, 0.6) is 0 Å². The van der Waals surface area contributed by atoms with Crippen LogP contribution in [0.15, 0.2) is 63.9 Å². The van der Waals surface area contributed by atoms with E-state index in [0.717, 1.165) is 31.1 Å². The molecule has 0 amide bonds. The Bertz CT molecular complexity index is 1100. The van der Waals surface area contributed by atoms with E-state index in [0.29, 0.717) is 23.6 Å². The van der Waals surface area contributed by atoms with Crippen molar-refractivity contribution >= 4 is 32.5 Å². The first kappa shape index (κ1) is 20.6. The van der Waals surface area contributed by atoms with Crippen molar-refractivity contribution in [2.75, 3.05) is 18.4 Å². The molecule has 7 heteroatoms. The van der Waals surface area contributed by atoms with Gasteiger partial charge in [-0.2, -0.15) is 4.31 Å². The van der Waals surface area contributed by atoms with Crippen LogP contribution in [0, 0.1) is 0 Å². The van der Waals surface area contributed by atoms with E-state index >= 15 is 0 Å². The van der Waals surface area contributed by atoms with Crippen LogP contribution in [0.4, 0.5) is 5.69 Å². The topological polar surface area (TPSA) is 79.6 Å². The number of carbonyl (C=O) groups is 1. The summed E-state index contributed by atoms with van der Waals surface area (Å²) in [6, 6.07) is 15.9. The maximum Gasteiger partial charge on any atom is 0.243 e. The van der Waals surface area contributed by atoms with Crippen LogP contribution in [-0.2, 0) is 10.0 Å². The molecular formula is C23H26N2O4S. The third-order valence-electron chi connectivity index (χ3n) is 5.66. The third kappa shape index (κ3) is 4.13. The second-order valence-electron chi connectivity index (χ2n) is 7.62. The zero-order chi connectivity index (χ0) is 21.1.